The highest BCUT2D eigenvalue weighted by molar-refractivity contribution is 7.92. The van der Waals surface area contributed by atoms with Crippen LogP contribution in [0.1, 0.15) is 38.7 Å². The van der Waals surface area contributed by atoms with Crippen molar-refractivity contribution >= 4 is 15.7 Å². The second-order valence-corrected chi connectivity index (χ2v) is 8.44. The first-order valence-corrected chi connectivity index (χ1v) is 9.25. The first kappa shape index (κ1) is 16.1. The Balaban J connectivity index is 2.25. The van der Waals surface area contributed by atoms with Crippen molar-refractivity contribution in [3.63, 3.8) is 0 Å². The monoisotopic (exact) mass is 311 g/mol. The number of ether oxygens (including phenoxy) is 1. The quantitative estimate of drug-likeness (QED) is 0.810. The first-order valence-electron chi connectivity index (χ1n) is 7.40. The van der Waals surface area contributed by atoms with Crippen LogP contribution in [0.4, 0.5) is 5.69 Å². The van der Waals surface area contributed by atoms with Gasteiger partial charge in [-0.25, -0.2) is 8.42 Å². The SMILES string of the molecule is CC(C)c1cc(OCC2CC2C)cc(N(C)S(C)(=O)=O)c1. The van der Waals surface area contributed by atoms with E-state index in [1.807, 2.05) is 12.1 Å². The topological polar surface area (TPSA) is 46.6 Å². The molecule has 5 heteroatoms. The first-order chi connectivity index (χ1) is 9.68. The van der Waals surface area contributed by atoms with Crippen LogP contribution in [0.3, 0.4) is 0 Å². The molecule has 21 heavy (non-hydrogen) atoms. The van der Waals surface area contributed by atoms with E-state index in [4.69, 9.17) is 4.74 Å². The van der Waals surface area contributed by atoms with Crippen LogP contribution in [-0.2, 0) is 10.0 Å². The molecule has 4 nitrogen and oxygen atoms in total. The van der Waals surface area contributed by atoms with Gasteiger partial charge in [-0.05, 0) is 41.9 Å². The molecule has 2 atom stereocenters. The van der Waals surface area contributed by atoms with Crippen molar-refractivity contribution in [3.8, 4) is 5.75 Å². The minimum Gasteiger partial charge on any atom is -0.493 e. The minimum absolute atomic E-state index is 0.320. The molecule has 0 N–H and O–H groups in total. The zero-order valence-electron chi connectivity index (χ0n) is 13.5. The third-order valence-electron chi connectivity index (χ3n) is 4.18. The van der Waals surface area contributed by atoms with Crippen molar-refractivity contribution in [2.45, 2.75) is 33.1 Å². The van der Waals surface area contributed by atoms with E-state index < -0.39 is 10.0 Å². The fourth-order valence-corrected chi connectivity index (χ4v) is 2.72. The Hall–Kier alpha value is -1.23. The highest BCUT2D eigenvalue weighted by Crippen LogP contribution is 2.38. The molecule has 1 aliphatic carbocycles. The van der Waals surface area contributed by atoms with Crippen LogP contribution in [0.25, 0.3) is 0 Å². The highest BCUT2D eigenvalue weighted by Gasteiger charge is 2.33. The summed E-state index contributed by atoms with van der Waals surface area (Å²) in [7, 11) is -1.69. The second kappa shape index (κ2) is 5.87. The predicted octanol–water partition coefficient (Wildman–Crippen LogP) is 3.24. The largest absolute Gasteiger partial charge is 0.493 e. The van der Waals surface area contributed by atoms with E-state index in [0.29, 0.717) is 24.1 Å². The molecule has 1 aromatic carbocycles. The van der Waals surface area contributed by atoms with Crippen molar-refractivity contribution in [1.29, 1.82) is 0 Å². The van der Waals surface area contributed by atoms with Crippen LogP contribution >= 0.6 is 0 Å². The van der Waals surface area contributed by atoms with Gasteiger partial charge in [0.1, 0.15) is 5.75 Å². The second-order valence-electron chi connectivity index (χ2n) is 6.43. The van der Waals surface area contributed by atoms with Crippen molar-refractivity contribution in [2.75, 3.05) is 24.2 Å². The highest BCUT2D eigenvalue weighted by atomic mass is 32.2. The maximum absolute atomic E-state index is 11.7. The number of rotatable bonds is 6. The van der Waals surface area contributed by atoms with Gasteiger partial charge in [-0.2, -0.15) is 0 Å². The van der Waals surface area contributed by atoms with Gasteiger partial charge in [-0.3, -0.25) is 4.31 Å². The summed E-state index contributed by atoms with van der Waals surface area (Å²) >= 11 is 0. The van der Waals surface area contributed by atoms with E-state index in [-0.39, 0.29) is 0 Å². The summed E-state index contributed by atoms with van der Waals surface area (Å²) < 4.78 is 30.6. The summed E-state index contributed by atoms with van der Waals surface area (Å²) in [5, 5.41) is 0. The van der Waals surface area contributed by atoms with Crippen LogP contribution in [0.2, 0.25) is 0 Å². The fourth-order valence-electron chi connectivity index (χ4n) is 2.23. The van der Waals surface area contributed by atoms with Gasteiger partial charge in [0.05, 0.1) is 18.6 Å². The van der Waals surface area contributed by atoms with Gasteiger partial charge >= 0.3 is 0 Å². The van der Waals surface area contributed by atoms with Gasteiger partial charge in [0.15, 0.2) is 0 Å². The van der Waals surface area contributed by atoms with E-state index >= 15 is 0 Å². The molecular formula is C16H25NO3S. The molecule has 1 aromatic rings. The molecule has 0 aromatic heterocycles. The third-order valence-corrected chi connectivity index (χ3v) is 5.39. The molecule has 118 valence electrons. The number of nitrogens with zero attached hydrogens (tertiary/aromatic N) is 1. The third kappa shape index (κ3) is 4.13. The molecule has 1 aliphatic rings. The van der Waals surface area contributed by atoms with Crippen LogP contribution in [0.5, 0.6) is 5.75 Å². The lowest BCUT2D eigenvalue weighted by Gasteiger charge is -2.20. The number of anilines is 1. The number of hydrogen-bond acceptors (Lipinski definition) is 3. The maximum atomic E-state index is 11.7. The normalized spacial score (nSPS) is 21.4. The zero-order chi connectivity index (χ0) is 15.8. The minimum atomic E-state index is -3.27. The Morgan fingerprint density at radius 1 is 1.33 bits per heavy atom. The van der Waals surface area contributed by atoms with Crippen molar-refractivity contribution in [2.24, 2.45) is 11.8 Å². The molecule has 2 unspecified atom stereocenters. The lowest BCUT2D eigenvalue weighted by atomic mass is 10.0. The molecule has 2 rings (SSSR count). The van der Waals surface area contributed by atoms with E-state index in [2.05, 4.69) is 20.8 Å². The summed E-state index contributed by atoms with van der Waals surface area (Å²) in [5.41, 5.74) is 1.74. The average Bonchev–Trinajstić information content (AvgIpc) is 3.10. The summed E-state index contributed by atoms with van der Waals surface area (Å²) in [4.78, 5) is 0. The molecule has 0 saturated heterocycles. The molecule has 0 amide bonds. The fraction of sp³-hybridized carbons (Fsp3) is 0.625. The Labute approximate surface area is 128 Å². The van der Waals surface area contributed by atoms with Gasteiger partial charge in [0.25, 0.3) is 0 Å². The molecule has 0 radical (unpaired) electrons. The van der Waals surface area contributed by atoms with Crippen molar-refractivity contribution < 1.29 is 13.2 Å². The van der Waals surface area contributed by atoms with E-state index in [1.165, 1.54) is 17.0 Å². The van der Waals surface area contributed by atoms with Gasteiger partial charge in [-0.1, -0.05) is 20.8 Å². The van der Waals surface area contributed by atoms with Crippen LogP contribution in [0.15, 0.2) is 18.2 Å². The molecule has 0 heterocycles. The van der Waals surface area contributed by atoms with Crippen LogP contribution in [0, 0.1) is 11.8 Å². The van der Waals surface area contributed by atoms with Gasteiger partial charge < -0.3 is 4.74 Å². The molecule has 0 bridgehead atoms. The lowest BCUT2D eigenvalue weighted by molar-refractivity contribution is 0.293. The number of sulfonamides is 1. The summed E-state index contributed by atoms with van der Waals surface area (Å²) in [6.45, 7) is 7.12. The van der Waals surface area contributed by atoms with E-state index in [9.17, 15) is 8.42 Å². The van der Waals surface area contributed by atoms with Crippen LogP contribution in [-0.4, -0.2) is 28.3 Å². The lowest BCUT2D eigenvalue weighted by Crippen LogP contribution is -2.25. The Morgan fingerprint density at radius 3 is 2.43 bits per heavy atom. The maximum Gasteiger partial charge on any atom is 0.231 e. The zero-order valence-corrected chi connectivity index (χ0v) is 14.3. The van der Waals surface area contributed by atoms with E-state index in [1.54, 1.807) is 13.1 Å². The Morgan fingerprint density at radius 2 is 1.95 bits per heavy atom. The molecular weight excluding hydrogens is 286 g/mol. The van der Waals surface area contributed by atoms with Gasteiger partial charge in [0, 0.05) is 13.1 Å². The average molecular weight is 311 g/mol. The van der Waals surface area contributed by atoms with Crippen molar-refractivity contribution in [1.82, 2.24) is 0 Å². The number of benzene rings is 1. The number of hydrogen-bond donors (Lipinski definition) is 0. The van der Waals surface area contributed by atoms with Gasteiger partial charge in [-0.15, -0.1) is 0 Å². The van der Waals surface area contributed by atoms with Crippen LogP contribution < -0.4 is 9.04 Å². The van der Waals surface area contributed by atoms with Crippen molar-refractivity contribution in [3.05, 3.63) is 23.8 Å². The smallest absolute Gasteiger partial charge is 0.231 e. The van der Waals surface area contributed by atoms with E-state index in [0.717, 1.165) is 17.2 Å². The molecule has 1 saturated carbocycles. The predicted molar refractivity (Wildman–Crippen MR) is 86.5 cm³/mol. The van der Waals surface area contributed by atoms with Gasteiger partial charge in [0.2, 0.25) is 10.0 Å². The summed E-state index contributed by atoms with van der Waals surface area (Å²) in [6.07, 6.45) is 2.43. The molecule has 0 spiro atoms. The summed E-state index contributed by atoms with van der Waals surface area (Å²) in [6, 6.07) is 5.73. The summed E-state index contributed by atoms with van der Waals surface area (Å²) in [5.74, 6) is 2.46. The molecule has 1 fully saturated rings. The Kier molecular flexibility index (Phi) is 4.51. The standard InChI is InChI=1S/C16H25NO3S/c1-11(2)13-7-15(17(4)21(5,18)19)9-16(8-13)20-10-14-6-12(14)3/h7-9,11-12,14H,6,10H2,1-5H3. The molecule has 0 aliphatic heterocycles. The Bertz CT molecular complexity index is 610.